The average molecular weight is 348 g/mol. The predicted molar refractivity (Wildman–Crippen MR) is 91.6 cm³/mol. The molecular weight excluding hydrogens is 326 g/mol. The molecule has 0 aliphatic rings. The number of hydrogen-bond acceptors (Lipinski definition) is 2. The molecule has 2 rings (SSSR count). The van der Waals surface area contributed by atoms with E-state index >= 15 is 0 Å². The minimum atomic E-state index is 0.506. The van der Waals surface area contributed by atoms with Crippen molar-refractivity contribution in [3.8, 4) is 5.75 Å². The summed E-state index contributed by atoms with van der Waals surface area (Å²) in [5.41, 5.74) is 3.69. The van der Waals surface area contributed by atoms with E-state index in [2.05, 4.69) is 78.4 Å². The van der Waals surface area contributed by atoms with Crippen molar-refractivity contribution in [2.24, 2.45) is 0 Å². The number of hydrogen-bond donors (Lipinski definition) is 1. The first-order valence-electron chi connectivity index (χ1n) is 7.25. The highest BCUT2D eigenvalue weighted by molar-refractivity contribution is 9.10. The van der Waals surface area contributed by atoms with Crippen molar-refractivity contribution < 1.29 is 4.74 Å². The van der Waals surface area contributed by atoms with Crippen molar-refractivity contribution in [1.82, 2.24) is 5.32 Å². The smallest absolute Gasteiger partial charge is 0.134 e. The minimum absolute atomic E-state index is 0.506. The van der Waals surface area contributed by atoms with E-state index in [1.54, 1.807) is 0 Å². The van der Waals surface area contributed by atoms with Crippen LogP contribution in [0.1, 0.15) is 30.5 Å². The van der Waals surface area contributed by atoms with Gasteiger partial charge in [0.25, 0.3) is 0 Å². The summed E-state index contributed by atoms with van der Waals surface area (Å²) in [7, 11) is 0. The van der Waals surface area contributed by atoms with Gasteiger partial charge in [0, 0.05) is 12.6 Å². The van der Waals surface area contributed by atoms with Gasteiger partial charge in [0.05, 0.1) is 4.47 Å². The van der Waals surface area contributed by atoms with Gasteiger partial charge in [0.1, 0.15) is 12.4 Å². The molecule has 0 radical (unpaired) electrons. The summed E-state index contributed by atoms with van der Waals surface area (Å²) in [5, 5.41) is 3.41. The molecule has 2 nitrogen and oxygen atoms in total. The number of nitrogens with one attached hydrogen (secondary N) is 1. The predicted octanol–water partition coefficient (Wildman–Crippen LogP) is 4.83. The lowest BCUT2D eigenvalue weighted by atomic mass is 10.1. The summed E-state index contributed by atoms with van der Waals surface area (Å²) in [4.78, 5) is 0. The maximum Gasteiger partial charge on any atom is 0.134 e. The van der Waals surface area contributed by atoms with Crippen LogP contribution in [0.4, 0.5) is 0 Å². The molecule has 2 aromatic rings. The summed E-state index contributed by atoms with van der Waals surface area (Å²) in [6.07, 6.45) is 0. The molecule has 0 bridgehead atoms. The first kappa shape index (κ1) is 16.1. The Kier molecular flexibility index (Phi) is 5.83. The number of aryl methyl sites for hydroxylation is 1. The molecule has 0 unspecified atom stereocenters. The van der Waals surface area contributed by atoms with Crippen molar-refractivity contribution in [2.45, 2.75) is 40.0 Å². The van der Waals surface area contributed by atoms with Crippen LogP contribution in [0.25, 0.3) is 0 Å². The van der Waals surface area contributed by atoms with Gasteiger partial charge in [-0.05, 0) is 51.7 Å². The monoisotopic (exact) mass is 347 g/mol. The molecule has 0 spiro atoms. The van der Waals surface area contributed by atoms with Crippen LogP contribution in [0.15, 0.2) is 46.9 Å². The fourth-order valence-corrected chi connectivity index (χ4v) is 2.57. The molecule has 0 aliphatic heterocycles. The summed E-state index contributed by atoms with van der Waals surface area (Å²) in [6, 6.07) is 15.2. The molecule has 0 fully saturated rings. The lowest BCUT2D eigenvalue weighted by Crippen LogP contribution is -2.21. The molecule has 3 heteroatoms. The van der Waals surface area contributed by atoms with Gasteiger partial charge in [-0.3, -0.25) is 0 Å². The van der Waals surface area contributed by atoms with Gasteiger partial charge in [-0.1, -0.05) is 44.2 Å². The maximum absolute atomic E-state index is 5.85. The van der Waals surface area contributed by atoms with E-state index in [0.29, 0.717) is 12.6 Å². The molecule has 0 aliphatic carbocycles. The topological polar surface area (TPSA) is 21.3 Å². The molecule has 0 heterocycles. The first-order valence-corrected chi connectivity index (χ1v) is 8.04. The fraction of sp³-hybridized carbons (Fsp3) is 0.333. The Hall–Kier alpha value is -1.32. The zero-order chi connectivity index (χ0) is 15.2. The van der Waals surface area contributed by atoms with Gasteiger partial charge in [0.2, 0.25) is 0 Å². The van der Waals surface area contributed by atoms with Crippen LogP contribution in [0.3, 0.4) is 0 Å². The van der Waals surface area contributed by atoms with Crippen molar-refractivity contribution >= 4 is 15.9 Å². The first-order chi connectivity index (χ1) is 10.0. The Morgan fingerprint density at radius 1 is 1.05 bits per heavy atom. The molecule has 0 atom stereocenters. The average Bonchev–Trinajstić information content (AvgIpc) is 2.45. The van der Waals surface area contributed by atoms with Crippen LogP contribution in [0.5, 0.6) is 5.75 Å². The van der Waals surface area contributed by atoms with Gasteiger partial charge in [-0.2, -0.15) is 0 Å². The highest BCUT2D eigenvalue weighted by atomic mass is 79.9. The highest BCUT2D eigenvalue weighted by Gasteiger charge is 2.02. The van der Waals surface area contributed by atoms with Crippen LogP contribution in [0, 0.1) is 6.92 Å². The Morgan fingerprint density at radius 3 is 2.33 bits per heavy atom. The normalized spacial score (nSPS) is 10.9. The van der Waals surface area contributed by atoms with Crippen LogP contribution >= 0.6 is 15.9 Å². The van der Waals surface area contributed by atoms with Crippen LogP contribution < -0.4 is 10.1 Å². The molecular formula is C18H22BrNO. The quantitative estimate of drug-likeness (QED) is 0.807. The number of halogens is 1. The molecule has 2 aromatic carbocycles. The third-order valence-corrected chi connectivity index (χ3v) is 3.84. The molecule has 1 N–H and O–H groups in total. The number of benzene rings is 2. The standard InChI is InChI=1S/C18H22BrNO/c1-13(2)20-11-15-5-7-16(8-6-15)12-21-18-9-4-14(3)10-17(18)19/h4-10,13,20H,11-12H2,1-3H3. The van der Waals surface area contributed by atoms with Gasteiger partial charge in [-0.25, -0.2) is 0 Å². The summed E-state index contributed by atoms with van der Waals surface area (Å²) in [5.74, 6) is 0.881. The fourth-order valence-electron chi connectivity index (χ4n) is 1.96. The third kappa shape index (κ3) is 5.18. The molecule has 0 saturated carbocycles. The second-order valence-corrected chi connectivity index (χ2v) is 6.43. The summed E-state index contributed by atoms with van der Waals surface area (Å²) < 4.78 is 6.85. The Bertz CT molecular complexity index is 578. The van der Waals surface area contributed by atoms with Crippen molar-refractivity contribution in [2.75, 3.05) is 0 Å². The second kappa shape index (κ2) is 7.62. The lowest BCUT2D eigenvalue weighted by molar-refractivity contribution is 0.304. The second-order valence-electron chi connectivity index (χ2n) is 5.57. The summed E-state index contributed by atoms with van der Waals surface area (Å²) >= 11 is 3.53. The van der Waals surface area contributed by atoms with E-state index in [1.165, 1.54) is 16.7 Å². The van der Waals surface area contributed by atoms with Crippen molar-refractivity contribution in [3.05, 3.63) is 63.6 Å². The lowest BCUT2D eigenvalue weighted by Gasteiger charge is -2.10. The molecule has 0 saturated heterocycles. The van der Waals surface area contributed by atoms with Crippen LogP contribution in [-0.4, -0.2) is 6.04 Å². The third-order valence-electron chi connectivity index (χ3n) is 3.22. The Morgan fingerprint density at radius 2 is 1.71 bits per heavy atom. The van der Waals surface area contributed by atoms with E-state index in [0.717, 1.165) is 16.8 Å². The van der Waals surface area contributed by atoms with Gasteiger partial charge < -0.3 is 10.1 Å². The zero-order valence-electron chi connectivity index (χ0n) is 12.8. The van der Waals surface area contributed by atoms with Crippen LogP contribution in [0.2, 0.25) is 0 Å². The van der Waals surface area contributed by atoms with E-state index in [-0.39, 0.29) is 0 Å². The highest BCUT2D eigenvalue weighted by Crippen LogP contribution is 2.26. The zero-order valence-corrected chi connectivity index (χ0v) is 14.4. The van der Waals surface area contributed by atoms with E-state index in [4.69, 9.17) is 4.74 Å². The molecule has 0 amide bonds. The van der Waals surface area contributed by atoms with Gasteiger partial charge in [0.15, 0.2) is 0 Å². The Labute approximate surface area is 135 Å². The largest absolute Gasteiger partial charge is 0.488 e. The number of rotatable bonds is 6. The SMILES string of the molecule is Cc1ccc(OCc2ccc(CNC(C)C)cc2)c(Br)c1. The minimum Gasteiger partial charge on any atom is -0.488 e. The van der Waals surface area contributed by atoms with E-state index in [9.17, 15) is 0 Å². The van der Waals surface area contributed by atoms with Crippen LogP contribution in [-0.2, 0) is 13.2 Å². The van der Waals surface area contributed by atoms with Crippen molar-refractivity contribution in [3.63, 3.8) is 0 Å². The van der Waals surface area contributed by atoms with Crippen molar-refractivity contribution in [1.29, 1.82) is 0 Å². The van der Waals surface area contributed by atoms with Gasteiger partial charge >= 0.3 is 0 Å². The maximum atomic E-state index is 5.85. The number of ether oxygens (including phenoxy) is 1. The van der Waals surface area contributed by atoms with E-state index < -0.39 is 0 Å². The van der Waals surface area contributed by atoms with E-state index in [1.807, 2.05) is 6.07 Å². The molecule has 112 valence electrons. The molecule has 0 aromatic heterocycles. The Balaban J connectivity index is 1.91. The van der Waals surface area contributed by atoms with Gasteiger partial charge in [-0.15, -0.1) is 0 Å². The molecule has 21 heavy (non-hydrogen) atoms. The summed E-state index contributed by atoms with van der Waals surface area (Å²) in [6.45, 7) is 7.86.